The lowest BCUT2D eigenvalue weighted by Gasteiger charge is -2.19. The molecule has 0 aliphatic carbocycles. The molecule has 2 aliphatic rings. The average molecular weight is 251 g/mol. The second kappa shape index (κ2) is 6.07. The van der Waals surface area contributed by atoms with Crippen molar-refractivity contribution in [3.8, 4) is 0 Å². The smallest absolute Gasteiger partial charge is 0.163 e. The molecule has 92 valence electrons. The van der Waals surface area contributed by atoms with Gasteiger partial charge >= 0.3 is 0 Å². The molecule has 0 bridgehead atoms. The van der Waals surface area contributed by atoms with E-state index in [4.69, 9.17) is 0 Å². The fourth-order valence-electron chi connectivity index (χ4n) is 1.73. The molecular formula is C11H17N5S. The van der Waals surface area contributed by atoms with Crippen LogP contribution < -0.4 is 0 Å². The van der Waals surface area contributed by atoms with Crippen molar-refractivity contribution in [1.29, 1.82) is 0 Å². The van der Waals surface area contributed by atoms with E-state index in [-0.39, 0.29) is 6.04 Å². The van der Waals surface area contributed by atoms with Gasteiger partial charge in [0.15, 0.2) is 11.9 Å². The van der Waals surface area contributed by atoms with E-state index in [1.807, 2.05) is 0 Å². The van der Waals surface area contributed by atoms with E-state index in [0.29, 0.717) is 0 Å². The summed E-state index contributed by atoms with van der Waals surface area (Å²) < 4.78 is 0. The largest absolute Gasteiger partial charge is 0.303 e. The van der Waals surface area contributed by atoms with Gasteiger partial charge in [-0.2, -0.15) is 0 Å². The van der Waals surface area contributed by atoms with Crippen LogP contribution in [0.4, 0.5) is 0 Å². The topological polar surface area (TPSA) is 52.7 Å². The molecule has 0 spiro atoms. The van der Waals surface area contributed by atoms with Gasteiger partial charge in [0.2, 0.25) is 0 Å². The van der Waals surface area contributed by atoms with Crippen molar-refractivity contribution in [3.05, 3.63) is 0 Å². The van der Waals surface area contributed by atoms with Gasteiger partial charge in [0.25, 0.3) is 0 Å². The Labute approximate surface area is 106 Å². The third-order valence-corrected chi connectivity index (χ3v) is 3.82. The number of hydrogen-bond donors (Lipinski definition) is 0. The second-order valence-electron chi connectivity index (χ2n) is 3.74. The standard InChI is InChI=1S/C11H17N5S/c1-3-16(4-2)5-6-17-11-9-10(13-7-12-9)14-8-15-11/h7-9H,3-6H2,1-2H3. The van der Waals surface area contributed by atoms with Crippen LogP contribution in [-0.2, 0) is 0 Å². The molecule has 0 fully saturated rings. The maximum atomic E-state index is 4.30. The van der Waals surface area contributed by atoms with Crippen molar-refractivity contribution in [1.82, 2.24) is 4.90 Å². The number of hydrogen-bond acceptors (Lipinski definition) is 6. The molecule has 0 radical (unpaired) electrons. The Morgan fingerprint density at radius 2 is 2.06 bits per heavy atom. The van der Waals surface area contributed by atoms with Gasteiger partial charge < -0.3 is 4.90 Å². The molecule has 17 heavy (non-hydrogen) atoms. The maximum Gasteiger partial charge on any atom is 0.163 e. The monoisotopic (exact) mass is 251 g/mol. The first-order valence-corrected chi connectivity index (χ1v) is 6.88. The summed E-state index contributed by atoms with van der Waals surface area (Å²) in [6.07, 6.45) is 3.15. The van der Waals surface area contributed by atoms with Crippen LogP contribution in [0.1, 0.15) is 13.8 Å². The SMILES string of the molecule is CCN(CC)CCSC1=NC=NC2=NC=NC21. The lowest BCUT2D eigenvalue weighted by atomic mass is 10.3. The Hall–Kier alpha value is -1.01. The van der Waals surface area contributed by atoms with E-state index in [9.17, 15) is 0 Å². The Bertz CT molecular complexity index is 381. The maximum absolute atomic E-state index is 4.30. The summed E-state index contributed by atoms with van der Waals surface area (Å²) in [7, 11) is 0. The molecule has 1 atom stereocenters. The van der Waals surface area contributed by atoms with Gasteiger partial charge in [-0.15, -0.1) is 11.8 Å². The molecule has 2 aliphatic heterocycles. The molecule has 0 amide bonds. The third kappa shape index (κ3) is 3.01. The summed E-state index contributed by atoms with van der Waals surface area (Å²) in [5, 5.41) is 1.01. The zero-order chi connectivity index (χ0) is 12.1. The van der Waals surface area contributed by atoms with Crippen molar-refractivity contribution in [2.24, 2.45) is 20.0 Å². The zero-order valence-electron chi connectivity index (χ0n) is 10.2. The van der Waals surface area contributed by atoms with Crippen LogP contribution >= 0.6 is 11.8 Å². The van der Waals surface area contributed by atoms with Crippen molar-refractivity contribution in [2.75, 3.05) is 25.4 Å². The van der Waals surface area contributed by atoms with Gasteiger partial charge in [-0.1, -0.05) is 13.8 Å². The molecule has 0 saturated carbocycles. The lowest BCUT2D eigenvalue weighted by Crippen LogP contribution is -2.29. The van der Waals surface area contributed by atoms with Crippen molar-refractivity contribution >= 4 is 35.3 Å². The van der Waals surface area contributed by atoms with Gasteiger partial charge in [-0.3, -0.25) is 4.99 Å². The number of thioether (sulfide) groups is 1. The normalized spacial score (nSPS) is 21.7. The Balaban J connectivity index is 1.83. The van der Waals surface area contributed by atoms with Gasteiger partial charge in [-0.25, -0.2) is 15.0 Å². The number of amidine groups is 1. The fourth-order valence-corrected chi connectivity index (χ4v) is 2.73. The van der Waals surface area contributed by atoms with E-state index >= 15 is 0 Å². The summed E-state index contributed by atoms with van der Waals surface area (Å²) in [5.41, 5.74) is 0. The Morgan fingerprint density at radius 3 is 2.82 bits per heavy atom. The minimum absolute atomic E-state index is 0.0401. The molecule has 6 heteroatoms. The van der Waals surface area contributed by atoms with Crippen LogP contribution in [0.2, 0.25) is 0 Å². The molecule has 2 heterocycles. The van der Waals surface area contributed by atoms with Gasteiger partial charge in [0.05, 0.1) is 0 Å². The Morgan fingerprint density at radius 1 is 1.24 bits per heavy atom. The minimum atomic E-state index is -0.0401. The Kier molecular flexibility index (Phi) is 4.44. The van der Waals surface area contributed by atoms with E-state index in [1.54, 1.807) is 24.4 Å². The van der Waals surface area contributed by atoms with E-state index in [1.165, 1.54) is 0 Å². The number of aliphatic imine (C=N–C) groups is 4. The van der Waals surface area contributed by atoms with Gasteiger partial charge in [0, 0.05) is 12.3 Å². The first-order chi connectivity index (χ1) is 8.35. The molecule has 0 N–H and O–H groups in total. The average Bonchev–Trinajstić information content (AvgIpc) is 2.83. The van der Waals surface area contributed by atoms with Crippen LogP contribution in [0.15, 0.2) is 20.0 Å². The predicted molar refractivity (Wildman–Crippen MR) is 75.9 cm³/mol. The highest BCUT2D eigenvalue weighted by molar-refractivity contribution is 8.14. The molecule has 2 rings (SSSR count). The van der Waals surface area contributed by atoms with Gasteiger partial charge in [0.1, 0.15) is 17.7 Å². The van der Waals surface area contributed by atoms with Crippen LogP contribution in [-0.4, -0.2) is 59.9 Å². The summed E-state index contributed by atoms with van der Waals surface area (Å²) in [4.78, 5) is 19.2. The molecule has 0 aromatic carbocycles. The first-order valence-electron chi connectivity index (χ1n) is 5.89. The van der Waals surface area contributed by atoms with Crippen LogP contribution in [0.3, 0.4) is 0 Å². The molecule has 0 aromatic heterocycles. The number of nitrogens with zero attached hydrogens (tertiary/aromatic N) is 5. The molecule has 5 nitrogen and oxygen atoms in total. The van der Waals surface area contributed by atoms with Crippen LogP contribution in [0.25, 0.3) is 0 Å². The van der Waals surface area contributed by atoms with E-state index < -0.39 is 0 Å². The number of rotatable bonds is 5. The van der Waals surface area contributed by atoms with Crippen LogP contribution in [0.5, 0.6) is 0 Å². The van der Waals surface area contributed by atoms with Crippen molar-refractivity contribution in [3.63, 3.8) is 0 Å². The van der Waals surface area contributed by atoms with Gasteiger partial charge in [-0.05, 0) is 13.1 Å². The zero-order valence-corrected chi connectivity index (χ0v) is 11.0. The highest BCUT2D eigenvalue weighted by Gasteiger charge is 2.26. The first kappa shape index (κ1) is 12.4. The molecule has 1 unspecified atom stereocenters. The highest BCUT2D eigenvalue weighted by Crippen LogP contribution is 2.18. The second-order valence-corrected chi connectivity index (χ2v) is 4.86. The number of fused-ring (bicyclic) bond motifs is 1. The fraction of sp³-hybridized carbons (Fsp3) is 0.636. The summed E-state index contributed by atoms with van der Waals surface area (Å²) >= 11 is 1.76. The van der Waals surface area contributed by atoms with Crippen molar-refractivity contribution in [2.45, 2.75) is 19.9 Å². The van der Waals surface area contributed by atoms with E-state index in [2.05, 4.69) is 38.7 Å². The summed E-state index contributed by atoms with van der Waals surface area (Å²) in [6, 6.07) is -0.0401. The van der Waals surface area contributed by atoms with Crippen LogP contribution in [0, 0.1) is 0 Å². The lowest BCUT2D eigenvalue weighted by molar-refractivity contribution is 0.324. The predicted octanol–water partition coefficient (Wildman–Crippen LogP) is 1.31. The summed E-state index contributed by atoms with van der Waals surface area (Å²) in [6.45, 7) is 7.64. The third-order valence-electron chi connectivity index (χ3n) is 2.81. The molecule has 0 aromatic rings. The molecular weight excluding hydrogens is 234 g/mol. The highest BCUT2D eigenvalue weighted by atomic mass is 32.2. The quantitative estimate of drug-likeness (QED) is 0.740. The molecule has 0 saturated heterocycles. The minimum Gasteiger partial charge on any atom is -0.303 e. The van der Waals surface area contributed by atoms with E-state index in [0.717, 1.165) is 36.3 Å². The summed E-state index contributed by atoms with van der Waals surface area (Å²) in [5.74, 6) is 1.80. The van der Waals surface area contributed by atoms with Crippen molar-refractivity contribution < 1.29 is 0 Å².